The summed E-state index contributed by atoms with van der Waals surface area (Å²) in [6.45, 7) is 1.22. The summed E-state index contributed by atoms with van der Waals surface area (Å²) in [7, 11) is 3.84. The molecule has 0 fully saturated rings. The lowest BCUT2D eigenvalue weighted by atomic mass is 10.2. The van der Waals surface area contributed by atoms with Gasteiger partial charge in [0.1, 0.15) is 11.4 Å². The summed E-state index contributed by atoms with van der Waals surface area (Å²) in [5.74, 6) is -0.740. The second kappa shape index (κ2) is 8.42. The summed E-state index contributed by atoms with van der Waals surface area (Å²) in [5.41, 5.74) is 0.836. The van der Waals surface area contributed by atoms with Crippen LogP contribution in [0.25, 0.3) is 0 Å². The zero-order valence-electron chi connectivity index (χ0n) is 13.5. The lowest BCUT2D eigenvalue weighted by Gasteiger charge is -2.10. The Morgan fingerprint density at radius 2 is 1.71 bits per heavy atom. The number of rotatable bonds is 6. The average molecular weight is 347 g/mol. The number of nitrogens with zero attached hydrogens (tertiary/aromatic N) is 2. The predicted molar refractivity (Wildman–Crippen MR) is 94.5 cm³/mol. The van der Waals surface area contributed by atoms with E-state index in [1.807, 2.05) is 19.0 Å². The third kappa shape index (κ3) is 5.04. The van der Waals surface area contributed by atoms with Gasteiger partial charge in [0.05, 0.1) is 10.7 Å². The van der Waals surface area contributed by atoms with E-state index in [4.69, 9.17) is 11.6 Å². The third-order valence-electron chi connectivity index (χ3n) is 3.18. The fraction of sp³-hybridized carbons (Fsp3) is 0.235. The average Bonchev–Trinajstić information content (AvgIpc) is 2.56. The maximum absolute atomic E-state index is 12.3. The third-order valence-corrected chi connectivity index (χ3v) is 3.51. The van der Waals surface area contributed by atoms with Crippen molar-refractivity contribution >= 4 is 29.1 Å². The number of likely N-dealkylation sites (N-methyl/N-ethyl adjacent to an activating group) is 1. The highest BCUT2D eigenvalue weighted by molar-refractivity contribution is 6.33. The summed E-state index contributed by atoms with van der Waals surface area (Å²) in [4.78, 5) is 30.4. The van der Waals surface area contributed by atoms with Crippen LogP contribution < -0.4 is 10.6 Å². The van der Waals surface area contributed by atoms with E-state index in [0.29, 0.717) is 17.3 Å². The summed E-state index contributed by atoms with van der Waals surface area (Å²) < 4.78 is 0. The van der Waals surface area contributed by atoms with Crippen molar-refractivity contribution in [1.82, 2.24) is 15.2 Å². The van der Waals surface area contributed by atoms with Crippen LogP contribution >= 0.6 is 11.6 Å². The van der Waals surface area contributed by atoms with Gasteiger partial charge >= 0.3 is 0 Å². The van der Waals surface area contributed by atoms with Crippen LogP contribution in [0.5, 0.6) is 0 Å². The molecule has 126 valence electrons. The van der Waals surface area contributed by atoms with E-state index in [0.717, 1.165) is 6.54 Å². The number of hydrogen-bond acceptors (Lipinski definition) is 4. The smallest absolute Gasteiger partial charge is 0.274 e. The van der Waals surface area contributed by atoms with Crippen LogP contribution in [0.2, 0.25) is 5.02 Å². The molecule has 0 radical (unpaired) electrons. The molecule has 0 atom stereocenters. The predicted octanol–water partition coefficient (Wildman–Crippen LogP) is 2.28. The molecule has 0 spiro atoms. The van der Waals surface area contributed by atoms with E-state index in [2.05, 4.69) is 15.6 Å². The van der Waals surface area contributed by atoms with Crippen LogP contribution in [0.15, 0.2) is 42.5 Å². The maximum atomic E-state index is 12.3. The fourth-order valence-corrected chi connectivity index (χ4v) is 2.10. The number of halogens is 1. The first-order valence-corrected chi connectivity index (χ1v) is 7.81. The molecule has 0 bridgehead atoms. The number of aromatic nitrogens is 1. The summed E-state index contributed by atoms with van der Waals surface area (Å²) in [5, 5.41) is 5.87. The molecule has 7 heteroatoms. The molecule has 0 unspecified atom stereocenters. The Hall–Kier alpha value is -2.44. The minimum Gasteiger partial charge on any atom is -0.349 e. The quantitative estimate of drug-likeness (QED) is 0.841. The van der Waals surface area contributed by atoms with Gasteiger partial charge in [0.15, 0.2) is 0 Å². The van der Waals surface area contributed by atoms with Crippen molar-refractivity contribution < 1.29 is 9.59 Å². The molecule has 1 heterocycles. The van der Waals surface area contributed by atoms with Crippen molar-refractivity contribution in [3.8, 4) is 0 Å². The molecular formula is C17H19ClN4O2. The first kappa shape index (κ1) is 17.9. The number of nitrogens with one attached hydrogen (secondary N) is 2. The maximum Gasteiger partial charge on any atom is 0.274 e. The van der Waals surface area contributed by atoms with Crippen molar-refractivity contribution in [2.24, 2.45) is 0 Å². The minimum absolute atomic E-state index is 0.148. The molecule has 2 aromatic rings. The Kier molecular flexibility index (Phi) is 6.28. The molecule has 2 amide bonds. The zero-order valence-corrected chi connectivity index (χ0v) is 14.3. The molecule has 1 aromatic heterocycles. The Labute approximate surface area is 145 Å². The monoisotopic (exact) mass is 346 g/mol. The number of pyridine rings is 1. The van der Waals surface area contributed by atoms with Crippen LogP contribution in [0.1, 0.15) is 21.0 Å². The molecule has 0 aliphatic carbocycles. The molecule has 0 saturated heterocycles. The lowest BCUT2D eigenvalue weighted by Crippen LogP contribution is -2.32. The Balaban J connectivity index is 2.05. The highest BCUT2D eigenvalue weighted by Crippen LogP contribution is 2.20. The molecule has 0 aliphatic rings. The van der Waals surface area contributed by atoms with E-state index >= 15 is 0 Å². The standard InChI is InChI=1S/C17H19ClN4O2/c1-22(2)11-10-19-16(23)14-8-5-9-15(20-14)17(24)21-13-7-4-3-6-12(13)18/h3-9H,10-11H2,1-2H3,(H,19,23)(H,21,24). The highest BCUT2D eigenvalue weighted by atomic mass is 35.5. The molecule has 2 rings (SSSR count). The number of hydrogen-bond donors (Lipinski definition) is 2. The van der Waals surface area contributed by atoms with Gasteiger partial charge in [0.25, 0.3) is 11.8 Å². The van der Waals surface area contributed by atoms with Crippen molar-refractivity contribution in [1.29, 1.82) is 0 Å². The second-order valence-electron chi connectivity index (χ2n) is 5.40. The first-order chi connectivity index (χ1) is 11.5. The summed E-state index contributed by atoms with van der Waals surface area (Å²) >= 11 is 6.02. The number of benzene rings is 1. The number of anilines is 1. The van der Waals surface area contributed by atoms with E-state index in [9.17, 15) is 9.59 Å². The van der Waals surface area contributed by atoms with Crippen molar-refractivity contribution in [3.05, 3.63) is 58.9 Å². The van der Waals surface area contributed by atoms with Gasteiger partial charge in [-0.15, -0.1) is 0 Å². The van der Waals surface area contributed by atoms with E-state index in [1.54, 1.807) is 42.5 Å². The largest absolute Gasteiger partial charge is 0.349 e. The topological polar surface area (TPSA) is 74.3 Å². The molecule has 1 aromatic carbocycles. The van der Waals surface area contributed by atoms with Crippen molar-refractivity contribution in [3.63, 3.8) is 0 Å². The van der Waals surface area contributed by atoms with E-state index < -0.39 is 5.91 Å². The SMILES string of the molecule is CN(C)CCNC(=O)c1cccc(C(=O)Nc2ccccc2Cl)n1. The van der Waals surface area contributed by atoms with Crippen LogP contribution in [-0.2, 0) is 0 Å². The van der Waals surface area contributed by atoms with Gasteiger partial charge in [0, 0.05) is 13.1 Å². The van der Waals surface area contributed by atoms with Crippen molar-refractivity contribution in [2.75, 3.05) is 32.5 Å². The molecule has 2 N–H and O–H groups in total. The van der Waals surface area contributed by atoms with Gasteiger partial charge < -0.3 is 15.5 Å². The molecule has 6 nitrogen and oxygen atoms in total. The van der Waals surface area contributed by atoms with E-state index in [1.165, 1.54) is 0 Å². The molecule has 24 heavy (non-hydrogen) atoms. The van der Waals surface area contributed by atoms with Gasteiger partial charge in [-0.2, -0.15) is 0 Å². The Morgan fingerprint density at radius 1 is 1.04 bits per heavy atom. The van der Waals surface area contributed by atoms with Crippen LogP contribution in [0.4, 0.5) is 5.69 Å². The van der Waals surface area contributed by atoms with Crippen LogP contribution in [0.3, 0.4) is 0 Å². The molecule has 0 aliphatic heterocycles. The van der Waals surface area contributed by atoms with Gasteiger partial charge in [0.2, 0.25) is 0 Å². The van der Waals surface area contributed by atoms with Gasteiger partial charge in [-0.3, -0.25) is 9.59 Å². The van der Waals surface area contributed by atoms with Crippen LogP contribution in [-0.4, -0.2) is 48.9 Å². The van der Waals surface area contributed by atoms with Gasteiger partial charge in [-0.1, -0.05) is 29.8 Å². The Bertz CT molecular complexity index is 734. The molecular weight excluding hydrogens is 328 g/mol. The van der Waals surface area contributed by atoms with Gasteiger partial charge in [-0.05, 0) is 38.4 Å². The van der Waals surface area contributed by atoms with Gasteiger partial charge in [-0.25, -0.2) is 4.98 Å². The van der Waals surface area contributed by atoms with E-state index in [-0.39, 0.29) is 17.3 Å². The second-order valence-corrected chi connectivity index (χ2v) is 5.81. The van der Waals surface area contributed by atoms with Crippen LogP contribution in [0, 0.1) is 0 Å². The molecule has 0 saturated carbocycles. The van der Waals surface area contributed by atoms with Crippen molar-refractivity contribution in [2.45, 2.75) is 0 Å². The normalized spacial score (nSPS) is 10.5. The zero-order chi connectivity index (χ0) is 17.5. The number of carbonyl (C=O) groups excluding carboxylic acids is 2. The number of amides is 2. The number of carbonyl (C=O) groups is 2. The summed E-state index contributed by atoms with van der Waals surface area (Å²) in [6, 6.07) is 11.6. The summed E-state index contributed by atoms with van der Waals surface area (Å²) in [6.07, 6.45) is 0. The fourth-order valence-electron chi connectivity index (χ4n) is 1.92. The first-order valence-electron chi connectivity index (χ1n) is 7.43. The highest BCUT2D eigenvalue weighted by Gasteiger charge is 2.13. The number of para-hydroxylation sites is 1. The minimum atomic E-state index is -0.425. The lowest BCUT2D eigenvalue weighted by molar-refractivity contribution is 0.0946. The Morgan fingerprint density at radius 3 is 2.38 bits per heavy atom.